The van der Waals surface area contributed by atoms with Crippen LogP contribution >= 0.6 is 0 Å². The van der Waals surface area contributed by atoms with E-state index in [1.807, 2.05) is 6.92 Å². The second-order valence-corrected chi connectivity index (χ2v) is 7.18. The van der Waals surface area contributed by atoms with Gasteiger partial charge >= 0.3 is 0 Å². The molecule has 1 aliphatic rings. The Bertz CT molecular complexity index is 1200. The Morgan fingerprint density at radius 2 is 1.76 bits per heavy atom. The van der Waals surface area contributed by atoms with Crippen LogP contribution in [-0.2, 0) is 9.59 Å². The zero-order valence-electron chi connectivity index (χ0n) is 18.4. The molecule has 1 amide bonds. The molecule has 2 aromatic carbocycles. The van der Waals surface area contributed by atoms with Gasteiger partial charge in [-0.2, -0.15) is 0 Å². The molecule has 0 radical (unpaired) electrons. The highest BCUT2D eigenvalue weighted by Gasteiger charge is 2.48. The summed E-state index contributed by atoms with van der Waals surface area (Å²) >= 11 is 0. The molecule has 170 valence electrons. The number of rotatable bonds is 7. The lowest BCUT2D eigenvalue weighted by molar-refractivity contribution is -0.132. The number of benzene rings is 2. The third-order valence-corrected chi connectivity index (χ3v) is 5.34. The number of carbonyl (C=O) groups is 2. The van der Waals surface area contributed by atoms with Gasteiger partial charge in [0.25, 0.3) is 11.7 Å². The monoisotopic (exact) mass is 449 g/mol. The maximum Gasteiger partial charge on any atom is 0.300 e. The average molecular weight is 449 g/mol. The standard InChI is InChI=1S/C25H23NO7/c1-4-32-17-10-7-15(8-11-17)23(27)21-22(19-6-5-13-33-19)26(25(29)24(21)28)16-9-12-18(30-2)20(14-16)31-3/h5-14,22,27H,4H2,1-3H3/b23-21-. The maximum absolute atomic E-state index is 13.1. The number of methoxy groups -OCH3 is 2. The Hall–Kier alpha value is -4.20. The molecule has 3 aromatic rings. The summed E-state index contributed by atoms with van der Waals surface area (Å²) in [6.45, 7) is 2.37. The van der Waals surface area contributed by atoms with Crippen molar-refractivity contribution >= 4 is 23.1 Å². The summed E-state index contributed by atoms with van der Waals surface area (Å²) in [5.41, 5.74) is 0.691. The molecule has 0 bridgehead atoms. The lowest BCUT2D eigenvalue weighted by atomic mass is 9.99. The van der Waals surface area contributed by atoms with Crippen molar-refractivity contribution in [2.75, 3.05) is 25.7 Å². The minimum absolute atomic E-state index is 0.0751. The molecule has 1 N–H and O–H groups in total. The molecule has 2 heterocycles. The van der Waals surface area contributed by atoms with Crippen LogP contribution in [-0.4, -0.2) is 37.6 Å². The zero-order valence-corrected chi connectivity index (χ0v) is 18.4. The Balaban J connectivity index is 1.85. The summed E-state index contributed by atoms with van der Waals surface area (Å²) in [7, 11) is 2.98. The van der Waals surface area contributed by atoms with Gasteiger partial charge in [-0.1, -0.05) is 0 Å². The molecule has 1 atom stereocenters. The fourth-order valence-electron chi connectivity index (χ4n) is 3.82. The zero-order chi connectivity index (χ0) is 23.5. The highest BCUT2D eigenvalue weighted by molar-refractivity contribution is 6.51. The van der Waals surface area contributed by atoms with Crippen LogP contribution in [0.3, 0.4) is 0 Å². The lowest BCUT2D eigenvalue weighted by Crippen LogP contribution is -2.29. The number of ketones is 1. The van der Waals surface area contributed by atoms with Gasteiger partial charge in [-0.15, -0.1) is 0 Å². The summed E-state index contributed by atoms with van der Waals surface area (Å²) in [6.07, 6.45) is 1.45. The number of Topliss-reactive ketones (excluding diaryl/α,β-unsaturated/α-hetero) is 1. The van der Waals surface area contributed by atoms with E-state index in [4.69, 9.17) is 18.6 Å². The fourth-order valence-corrected chi connectivity index (χ4v) is 3.82. The van der Waals surface area contributed by atoms with Crippen molar-refractivity contribution in [2.24, 2.45) is 0 Å². The van der Waals surface area contributed by atoms with Crippen molar-refractivity contribution in [3.05, 3.63) is 77.8 Å². The van der Waals surface area contributed by atoms with E-state index in [0.29, 0.717) is 40.9 Å². The molecule has 1 aromatic heterocycles. The van der Waals surface area contributed by atoms with E-state index in [1.165, 1.54) is 25.4 Å². The van der Waals surface area contributed by atoms with E-state index in [1.54, 1.807) is 54.6 Å². The van der Waals surface area contributed by atoms with Gasteiger partial charge < -0.3 is 23.7 Å². The molecule has 8 heteroatoms. The van der Waals surface area contributed by atoms with Crippen molar-refractivity contribution in [1.29, 1.82) is 0 Å². The number of nitrogens with zero attached hydrogens (tertiary/aromatic N) is 1. The molecule has 1 aliphatic heterocycles. The Kier molecular flexibility index (Phi) is 6.08. The van der Waals surface area contributed by atoms with E-state index in [2.05, 4.69) is 0 Å². The molecule has 1 fully saturated rings. The number of hydrogen-bond acceptors (Lipinski definition) is 7. The lowest BCUT2D eigenvalue weighted by Gasteiger charge is -2.24. The highest BCUT2D eigenvalue weighted by atomic mass is 16.5. The molecule has 0 spiro atoms. The van der Waals surface area contributed by atoms with E-state index < -0.39 is 17.7 Å². The van der Waals surface area contributed by atoms with Crippen LogP contribution in [0.15, 0.2) is 70.9 Å². The van der Waals surface area contributed by atoms with Gasteiger partial charge in [0.1, 0.15) is 23.3 Å². The third kappa shape index (κ3) is 3.91. The Morgan fingerprint density at radius 3 is 2.36 bits per heavy atom. The van der Waals surface area contributed by atoms with Crippen LogP contribution in [0.5, 0.6) is 17.2 Å². The molecule has 0 aliphatic carbocycles. The van der Waals surface area contributed by atoms with Gasteiger partial charge in [0, 0.05) is 17.3 Å². The Morgan fingerprint density at radius 1 is 1.03 bits per heavy atom. The first kappa shape index (κ1) is 22.0. The van der Waals surface area contributed by atoms with Gasteiger partial charge in [-0.05, 0) is 55.5 Å². The second kappa shape index (κ2) is 9.12. The van der Waals surface area contributed by atoms with Crippen LogP contribution in [0.25, 0.3) is 5.76 Å². The molecular weight excluding hydrogens is 426 g/mol. The number of ether oxygens (including phenoxy) is 3. The first-order valence-electron chi connectivity index (χ1n) is 10.3. The first-order chi connectivity index (χ1) is 16.0. The summed E-state index contributed by atoms with van der Waals surface area (Å²) in [5, 5.41) is 11.1. The SMILES string of the molecule is CCOc1ccc(/C(O)=C2/C(=O)C(=O)N(c3ccc(OC)c(OC)c3)C2c2ccco2)cc1. The van der Waals surface area contributed by atoms with Crippen molar-refractivity contribution in [3.63, 3.8) is 0 Å². The van der Waals surface area contributed by atoms with Crippen molar-refractivity contribution in [3.8, 4) is 17.2 Å². The van der Waals surface area contributed by atoms with E-state index >= 15 is 0 Å². The number of hydrogen-bond donors (Lipinski definition) is 1. The van der Waals surface area contributed by atoms with Gasteiger partial charge in [0.2, 0.25) is 0 Å². The molecule has 1 unspecified atom stereocenters. The summed E-state index contributed by atoms with van der Waals surface area (Å²) < 4.78 is 21.6. The third-order valence-electron chi connectivity index (χ3n) is 5.34. The van der Waals surface area contributed by atoms with Gasteiger partial charge in [0.15, 0.2) is 11.5 Å². The van der Waals surface area contributed by atoms with Crippen LogP contribution in [0.1, 0.15) is 24.3 Å². The minimum atomic E-state index is -0.968. The molecule has 0 saturated carbocycles. The van der Waals surface area contributed by atoms with Crippen LogP contribution < -0.4 is 19.1 Å². The fraction of sp³-hybridized carbons (Fsp3) is 0.200. The normalized spacial score (nSPS) is 17.3. The van der Waals surface area contributed by atoms with Crippen LogP contribution in [0.2, 0.25) is 0 Å². The Labute approximate surface area is 190 Å². The van der Waals surface area contributed by atoms with Crippen molar-refractivity contribution in [1.82, 2.24) is 0 Å². The van der Waals surface area contributed by atoms with E-state index in [-0.39, 0.29) is 11.3 Å². The van der Waals surface area contributed by atoms with Gasteiger partial charge in [-0.3, -0.25) is 14.5 Å². The number of aliphatic hydroxyl groups excluding tert-OH is 1. The predicted molar refractivity (Wildman–Crippen MR) is 121 cm³/mol. The minimum Gasteiger partial charge on any atom is -0.507 e. The largest absolute Gasteiger partial charge is 0.507 e. The van der Waals surface area contributed by atoms with Crippen LogP contribution in [0.4, 0.5) is 5.69 Å². The van der Waals surface area contributed by atoms with Gasteiger partial charge in [0.05, 0.1) is 32.7 Å². The number of furan rings is 1. The molecule has 1 saturated heterocycles. The number of anilines is 1. The number of carbonyl (C=O) groups excluding carboxylic acids is 2. The number of aliphatic hydroxyl groups is 1. The van der Waals surface area contributed by atoms with Gasteiger partial charge in [-0.25, -0.2) is 0 Å². The quantitative estimate of drug-likeness (QED) is 0.326. The topological polar surface area (TPSA) is 98.4 Å². The number of amides is 1. The van der Waals surface area contributed by atoms with E-state index in [9.17, 15) is 14.7 Å². The average Bonchev–Trinajstić information content (AvgIpc) is 3.46. The first-order valence-corrected chi connectivity index (χ1v) is 10.3. The predicted octanol–water partition coefficient (Wildman–Crippen LogP) is 4.32. The van der Waals surface area contributed by atoms with Crippen LogP contribution in [0, 0.1) is 0 Å². The maximum atomic E-state index is 13.1. The van der Waals surface area contributed by atoms with E-state index in [0.717, 1.165) is 0 Å². The molecule has 33 heavy (non-hydrogen) atoms. The summed E-state index contributed by atoms with van der Waals surface area (Å²) in [6, 6.07) is 13.8. The summed E-state index contributed by atoms with van der Waals surface area (Å²) in [4.78, 5) is 27.6. The van der Waals surface area contributed by atoms with Crippen molar-refractivity contribution < 1.29 is 33.3 Å². The highest BCUT2D eigenvalue weighted by Crippen LogP contribution is 2.44. The second-order valence-electron chi connectivity index (χ2n) is 7.18. The van der Waals surface area contributed by atoms with Crippen molar-refractivity contribution in [2.45, 2.75) is 13.0 Å². The molecule has 8 nitrogen and oxygen atoms in total. The summed E-state index contributed by atoms with van der Waals surface area (Å²) in [5.74, 6) is -0.100. The molecule has 4 rings (SSSR count). The molecular formula is C25H23NO7. The smallest absolute Gasteiger partial charge is 0.300 e.